The fourth-order valence-electron chi connectivity index (χ4n) is 9.05. The van der Waals surface area contributed by atoms with E-state index in [9.17, 15) is 15.2 Å². The molecule has 3 saturated heterocycles. The molecule has 262 valence electrons. The molecule has 2 N–H and O–H groups in total. The molecule has 0 spiro atoms. The van der Waals surface area contributed by atoms with E-state index in [2.05, 4.69) is 32.3 Å². The van der Waals surface area contributed by atoms with Gasteiger partial charge >= 0.3 is 0 Å². The summed E-state index contributed by atoms with van der Waals surface area (Å²) in [6.45, 7) is 4.91. The Morgan fingerprint density at radius 1 is 1.16 bits per heavy atom. The van der Waals surface area contributed by atoms with E-state index in [1.54, 1.807) is 22.9 Å². The van der Waals surface area contributed by atoms with Crippen molar-refractivity contribution in [2.24, 2.45) is 11.8 Å². The molecule has 1 amide bonds. The number of rotatable bonds is 8. The van der Waals surface area contributed by atoms with Gasteiger partial charge in [-0.15, -0.1) is 5.10 Å². The van der Waals surface area contributed by atoms with E-state index < -0.39 is 5.82 Å². The third kappa shape index (κ3) is 5.01. The smallest absolute Gasteiger partial charge is 0.226 e. The highest BCUT2D eigenvalue weighted by atomic mass is 35.5. The number of nitrogens with one attached hydrogen (secondary N) is 1. The molecule has 0 radical (unpaired) electrons. The lowest BCUT2D eigenvalue weighted by atomic mass is 9.79. The number of aliphatic hydroxyl groups excluding tert-OH is 1. The van der Waals surface area contributed by atoms with Crippen LogP contribution in [0.2, 0.25) is 10.0 Å². The summed E-state index contributed by atoms with van der Waals surface area (Å²) in [4.78, 5) is 21.0. The lowest BCUT2D eigenvalue weighted by Crippen LogP contribution is -2.41. The molecule has 2 aliphatic carbocycles. The Labute approximate surface area is 304 Å². The van der Waals surface area contributed by atoms with Crippen LogP contribution in [-0.4, -0.2) is 59.6 Å². The average molecular weight is 728 g/mol. The molecule has 2 saturated carbocycles. The first-order valence-electron chi connectivity index (χ1n) is 17.7. The van der Waals surface area contributed by atoms with Gasteiger partial charge in [0.15, 0.2) is 5.82 Å². The molecule has 2 aromatic carbocycles. The van der Waals surface area contributed by atoms with Crippen molar-refractivity contribution in [3.8, 4) is 17.2 Å². The Bertz CT molecular complexity index is 2300. The van der Waals surface area contributed by atoms with Gasteiger partial charge in [0.1, 0.15) is 5.52 Å². The average Bonchev–Trinajstić information content (AvgIpc) is 3.53. The van der Waals surface area contributed by atoms with Gasteiger partial charge in [-0.2, -0.15) is 5.26 Å². The molecule has 0 unspecified atom stereocenters. The number of nitriles is 1. The molecule has 3 aromatic heterocycles. The molecule has 51 heavy (non-hydrogen) atoms. The Balaban J connectivity index is 1.29. The van der Waals surface area contributed by atoms with E-state index in [0.717, 1.165) is 42.4 Å². The number of likely N-dealkylation sites (tertiary alicyclic amines) is 1. The van der Waals surface area contributed by atoms with Crippen LogP contribution in [0, 0.1) is 42.8 Å². The second-order valence-electron chi connectivity index (χ2n) is 14.7. The van der Waals surface area contributed by atoms with Crippen molar-refractivity contribution in [2.45, 2.75) is 83.1 Å². The Hall–Kier alpha value is -4.08. The second kappa shape index (κ2) is 12.3. The maximum atomic E-state index is 17.2. The first kappa shape index (κ1) is 32.8. The number of aryl methyl sites for hydroxylation is 3. The normalized spacial score (nSPS) is 24.1. The predicted octanol–water partition coefficient (Wildman–Crippen LogP) is 6.92. The maximum absolute atomic E-state index is 17.2. The fourth-order valence-corrected chi connectivity index (χ4v) is 9.45. The minimum Gasteiger partial charge on any atom is -0.390 e. The molecule has 5 aromatic rings. The Morgan fingerprint density at radius 3 is 2.69 bits per heavy atom. The molecular formula is C38H37Cl2FN8O2. The van der Waals surface area contributed by atoms with E-state index >= 15 is 4.39 Å². The van der Waals surface area contributed by atoms with Crippen LogP contribution in [0.5, 0.6) is 0 Å². The number of carbonyl (C=O) groups is 1. The highest BCUT2D eigenvalue weighted by Gasteiger charge is 2.51. The van der Waals surface area contributed by atoms with Gasteiger partial charge in [-0.25, -0.2) is 14.1 Å². The number of halogens is 3. The number of hydrogen-bond donors (Lipinski definition) is 2. The summed E-state index contributed by atoms with van der Waals surface area (Å²) in [5.74, 6) is 0.0504. The third-order valence-corrected chi connectivity index (χ3v) is 12.6. The van der Waals surface area contributed by atoms with E-state index in [0.29, 0.717) is 69.5 Å². The fraction of sp³-hybridized carbons (Fsp3) is 0.447. The first-order valence-corrected chi connectivity index (χ1v) is 18.5. The highest BCUT2D eigenvalue weighted by molar-refractivity contribution is 6.43. The van der Waals surface area contributed by atoms with Crippen molar-refractivity contribution in [1.29, 1.82) is 5.26 Å². The number of aromatic nitrogens is 5. The maximum Gasteiger partial charge on any atom is 0.226 e. The Kier molecular flexibility index (Phi) is 7.89. The first-order chi connectivity index (χ1) is 24.7. The molecule has 5 atom stereocenters. The van der Waals surface area contributed by atoms with Crippen LogP contribution in [0.3, 0.4) is 0 Å². The lowest BCUT2D eigenvalue weighted by Gasteiger charge is -2.39. The van der Waals surface area contributed by atoms with E-state index in [4.69, 9.17) is 28.2 Å². The number of benzene rings is 2. The number of nitrogens with zero attached hydrogens (tertiary/aromatic N) is 7. The summed E-state index contributed by atoms with van der Waals surface area (Å²) in [5.41, 5.74) is 5.58. The number of carbonyl (C=O) groups excluding carboxylic acids is 1. The van der Waals surface area contributed by atoms with Gasteiger partial charge < -0.3 is 19.9 Å². The van der Waals surface area contributed by atoms with Crippen molar-refractivity contribution in [1.82, 2.24) is 34.8 Å². The van der Waals surface area contributed by atoms with E-state index in [1.165, 1.54) is 0 Å². The summed E-state index contributed by atoms with van der Waals surface area (Å²) >= 11 is 13.1. The summed E-state index contributed by atoms with van der Waals surface area (Å²) in [5, 5.41) is 34.3. The zero-order chi connectivity index (χ0) is 35.3. The molecule has 5 fully saturated rings. The van der Waals surface area contributed by atoms with Crippen LogP contribution in [0.15, 0.2) is 30.3 Å². The molecule has 3 aliphatic heterocycles. The summed E-state index contributed by atoms with van der Waals surface area (Å²) < 4.78 is 21.4. The van der Waals surface area contributed by atoms with Gasteiger partial charge in [0.05, 0.1) is 57.8 Å². The van der Waals surface area contributed by atoms with Crippen molar-refractivity contribution >= 4 is 50.9 Å². The highest BCUT2D eigenvalue weighted by Crippen LogP contribution is 2.52. The molecule has 2 bridgehead atoms. The zero-order valence-electron chi connectivity index (χ0n) is 28.3. The summed E-state index contributed by atoms with van der Waals surface area (Å²) in [6, 6.07) is 11.5. The van der Waals surface area contributed by atoms with Crippen LogP contribution in [0.4, 0.5) is 4.39 Å². The lowest BCUT2D eigenvalue weighted by molar-refractivity contribution is -0.133. The van der Waals surface area contributed by atoms with Gasteiger partial charge in [-0.3, -0.25) is 4.79 Å². The molecule has 6 heterocycles. The minimum atomic E-state index is -0.497. The van der Waals surface area contributed by atoms with Gasteiger partial charge in [-0.1, -0.05) is 40.5 Å². The van der Waals surface area contributed by atoms with Crippen LogP contribution >= 0.6 is 23.2 Å². The van der Waals surface area contributed by atoms with Crippen LogP contribution in [-0.2, 0) is 17.8 Å². The van der Waals surface area contributed by atoms with Gasteiger partial charge in [0.2, 0.25) is 5.91 Å². The van der Waals surface area contributed by atoms with Crippen molar-refractivity contribution in [3.63, 3.8) is 0 Å². The number of fused-ring (bicyclic) bond motifs is 4. The topological polar surface area (TPSA) is 125 Å². The van der Waals surface area contributed by atoms with Gasteiger partial charge in [-0.05, 0) is 75.6 Å². The summed E-state index contributed by atoms with van der Waals surface area (Å²) in [6.07, 6.45) is 3.94. The van der Waals surface area contributed by atoms with E-state index in [-0.39, 0.29) is 59.6 Å². The molecule has 13 heteroatoms. The van der Waals surface area contributed by atoms with Crippen molar-refractivity contribution < 1.29 is 14.3 Å². The molecule has 10 nitrogen and oxygen atoms in total. The van der Waals surface area contributed by atoms with Crippen LogP contribution < -0.4 is 5.32 Å². The zero-order valence-corrected chi connectivity index (χ0v) is 29.8. The molecule has 10 rings (SSSR count). The largest absolute Gasteiger partial charge is 0.390 e. The van der Waals surface area contributed by atoms with Crippen LogP contribution in [0.1, 0.15) is 78.6 Å². The van der Waals surface area contributed by atoms with Gasteiger partial charge in [0.25, 0.3) is 0 Å². The minimum absolute atomic E-state index is 0.0122. The van der Waals surface area contributed by atoms with Gasteiger partial charge in [0, 0.05) is 64.8 Å². The predicted molar refractivity (Wildman–Crippen MR) is 192 cm³/mol. The van der Waals surface area contributed by atoms with Crippen LogP contribution in [0.25, 0.3) is 32.9 Å². The quantitative estimate of drug-likeness (QED) is 0.178. The third-order valence-electron chi connectivity index (χ3n) is 11.7. The van der Waals surface area contributed by atoms with Crippen molar-refractivity contribution in [2.75, 3.05) is 13.1 Å². The standard InChI is InChI=1S/C38H37Cl2FN8O2/c1-18-25-14-30(29-13-23(16-47(29)38(51)20-8-9-20)49-31(17-50)19(2)45-46-49)48(36-22-12-28(36)43-15-22)37(25)26-11-21(5-4-10-42)32(34(41)35(26)44-18)24-6-3-7-27(39)33(24)40/h3,6-7,11,14,20,22-23,28-29,36,43,50H,4-5,8-9,12-13,15-17H2,1-2H3/t22-,23+,28-,29-,36+/m1/s1. The monoisotopic (exact) mass is 726 g/mol. The number of amides is 1. The molecular weight excluding hydrogens is 690 g/mol. The SMILES string of the molecule is Cc1nnn([C@H]2C[C@H](c3cc4c(C)nc5c(F)c(-c6cccc(Cl)c6Cl)c(CCC#N)cc5c4n3[C@H]3[C@H]4CN[C@@H]3C4)N(C(=O)C3CC3)C2)c1CO. The molecule has 5 aliphatic rings. The number of aliphatic hydroxyl groups is 1. The van der Waals surface area contributed by atoms with Crippen molar-refractivity contribution in [3.05, 3.63) is 74.5 Å². The summed E-state index contributed by atoms with van der Waals surface area (Å²) in [7, 11) is 0. The van der Waals surface area contributed by atoms with E-state index in [1.807, 2.05) is 24.8 Å². The number of hydrogen-bond acceptors (Lipinski definition) is 7. The Morgan fingerprint density at radius 2 is 1.98 bits per heavy atom. The second-order valence-corrected chi connectivity index (χ2v) is 15.5. The number of pyridine rings is 1.